The van der Waals surface area contributed by atoms with Gasteiger partial charge < -0.3 is 4.79 Å². The molecule has 1 rings (SSSR count). The lowest BCUT2D eigenvalue weighted by Gasteiger charge is -1.93. The van der Waals surface area contributed by atoms with Crippen LogP contribution < -0.4 is 0 Å². The molecule has 0 aromatic heterocycles. The minimum atomic E-state index is 0.232. The minimum absolute atomic E-state index is 0.232. The Morgan fingerprint density at radius 2 is 2.21 bits per heavy atom. The number of thiocarbonyl (C=S) groups is 1. The smallest absolute Gasteiger partial charge is 0.131 e. The molecule has 0 bridgehead atoms. The van der Waals surface area contributed by atoms with Crippen LogP contribution in [0.2, 0.25) is 0 Å². The summed E-state index contributed by atoms with van der Waals surface area (Å²) in [6.45, 7) is 0. The molecule has 0 radical (unpaired) electrons. The fraction of sp³-hybridized carbons (Fsp3) is 0.0909. The van der Waals surface area contributed by atoms with E-state index in [-0.39, 0.29) is 6.42 Å². The number of rotatable bonds is 2. The van der Waals surface area contributed by atoms with Gasteiger partial charge in [0, 0.05) is 0 Å². The van der Waals surface area contributed by atoms with E-state index in [0.717, 1.165) is 11.8 Å². The maximum atomic E-state index is 10.1. The lowest BCUT2D eigenvalue weighted by atomic mass is 10.2. The molecule has 1 aromatic rings. The Hall–Kier alpha value is -1.75. The lowest BCUT2D eigenvalue weighted by molar-refractivity contribution is -0.107. The summed E-state index contributed by atoms with van der Waals surface area (Å²) < 4.78 is 0. The highest BCUT2D eigenvalue weighted by atomic mass is 32.1. The number of nitrogens with zero attached hydrogens (tertiary/aromatic N) is 1. The van der Waals surface area contributed by atoms with Crippen LogP contribution in [0.15, 0.2) is 29.3 Å². The van der Waals surface area contributed by atoms with Gasteiger partial charge in [0.2, 0.25) is 0 Å². The average molecular weight is 201 g/mol. The fourth-order valence-electron chi connectivity index (χ4n) is 0.914. The average Bonchev–Trinajstić information content (AvgIpc) is 2.21. The van der Waals surface area contributed by atoms with E-state index >= 15 is 0 Å². The highest BCUT2D eigenvalue weighted by molar-refractivity contribution is 7.78. The lowest BCUT2D eigenvalue weighted by Crippen LogP contribution is -1.75. The summed E-state index contributed by atoms with van der Waals surface area (Å²) >= 11 is 4.51. The number of hydrogen-bond donors (Lipinski definition) is 0. The molecule has 3 heteroatoms. The Morgan fingerprint density at radius 1 is 1.43 bits per heavy atom. The van der Waals surface area contributed by atoms with Crippen LogP contribution in [0, 0.1) is 11.8 Å². The maximum Gasteiger partial charge on any atom is 0.131 e. The van der Waals surface area contributed by atoms with Crippen molar-refractivity contribution in [3.63, 3.8) is 0 Å². The van der Waals surface area contributed by atoms with Gasteiger partial charge in [-0.2, -0.15) is 4.99 Å². The summed E-state index contributed by atoms with van der Waals surface area (Å²) in [6, 6.07) is 7.32. The number of hydrogen-bond acceptors (Lipinski definition) is 3. The molecular formula is C11H7NOS. The van der Waals surface area contributed by atoms with E-state index in [0.29, 0.717) is 5.69 Å². The zero-order valence-electron chi connectivity index (χ0n) is 7.36. The molecule has 1 aromatic carbocycles. The molecule has 0 aliphatic carbocycles. The van der Waals surface area contributed by atoms with Crippen molar-refractivity contribution in [1.29, 1.82) is 0 Å². The van der Waals surface area contributed by atoms with Gasteiger partial charge in [0.05, 0.1) is 22.8 Å². The second-order valence-corrected chi connectivity index (χ2v) is 2.58. The zero-order chi connectivity index (χ0) is 10.2. The molecule has 0 spiro atoms. The van der Waals surface area contributed by atoms with E-state index in [1.807, 2.05) is 18.2 Å². The number of carbonyl (C=O) groups is 1. The molecule has 14 heavy (non-hydrogen) atoms. The van der Waals surface area contributed by atoms with Crippen molar-refractivity contribution in [3.8, 4) is 11.8 Å². The van der Waals surface area contributed by atoms with Gasteiger partial charge in [0.25, 0.3) is 0 Å². The van der Waals surface area contributed by atoms with Crippen molar-refractivity contribution >= 4 is 29.4 Å². The van der Waals surface area contributed by atoms with Crippen LogP contribution in [-0.4, -0.2) is 11.4 Å². The van der Waals surface area contributed by atoms with Gasteiger partial charge in [0.1, 0.15) is 6.29 Å². The third kappa shape index (κ3) is 2.95. The van der Waals surface area contributed by atoms with E-state index in [1.54, 1.807) is 6.07 Å². The first-order chi connectivity index (χ1) is 6.88. The van der Waals surface area contributed by atoms with Crippen LogP contribution in [0.1, 0.15) is 12.0 Å². The van der Waals surface area contributed by atoms with Gasteiger partial charge in [-0.15, -0.1) is 0 Å². The number of aldehydes is 1. The summed E-state index contributed by atoms with van der Waals surface area (Å²) in [5, 5.41) is 2.29. The molecule has 0 N–H and O–H groups in total. The highest BCUT2D eigenvalue weighted by Crippen LogP contribution is 2.16. The van der Waals surface area contributed by atoms with Crippen LogP contribution in [-0.2, 0) is 4.79 Å². The summed E-state index contributed by atoms with van der Waals surface area (Å²) in [5.74, 6) is 5.55. The molecule has 0 saturated carbocycles. The summed E-state index contributed by atoms with van der Waals surface area (Å²) in [7, 11) is 0. The molecule has 0 saturated heterocycles. The molecule has 0 amide bonds. The van der Waals surface area contributed by atoms with E-state index < -0.39 is 0 Å². The van der Waals surface area contributed by atoms with Gasteiger partial charge in [-0.3, -0.25) is 0 Å². The highest BCUT2D eigenvalue weighted by Gasteiger charge is 1.94. The van der Waals surface area contributed by atoms with Crippen LogP contribution in [0.4, 0.5) is 5.69 Å². The van der Waals surface area contributed by atoms with Crippen molar-refractivity contribution in [2.24, 2.45) is 4.99 Å². The Labute approximate surface area is 87.7 Å². The second-order valence-electron chi connectivity index (χ2n) is 2.39. The molecule has 0 heterocycles. The van der Waals surface area contributed by atoms with Gasteiger partial charge in [0.15, 0.2) is 0 Å². The van der Waals surface area contributed by atoms with E-state index in [4.69, 9.17) is 0 Å². The maximum absolute atomic E-state index is 10.1. The van der Waals surface area contributed by atoms with E-state index in [9.17, 15) is 4.79 Å². The standard InChI is InChI=1S/C11H7NOS/c13-8-4-3-6-10-5-1-2-7-11(10)12-9-14/h1-2,5,7-8H,4H2. The topological polar surface area (TPSA) is 29.4 Å². The summed E-state index contributed by atoms with van der Waals surface area (Å²) in [5.41, 5.74) is 1.44. The van der Waals surface area contributed by atoms with Crippen LogP contribution in [0.25, 0.3) is 0 Å². The number of benzene rings is 1. The minimum Gasteiger partial charge on any atom is -0.302 e. The van der Waals surface area contributed by atoms with Crippen LogP contribution in [0.5, 0.6) is 0 Å². The second kappa shape index (κ2) is 5.82. The SMILES string of the molecule is O=CCC#Cc1ccccc1N=C=S. The molecular weight excluding hydrogens is 194 g/mol. The first kappa shape index (κ1) is 10.3. The molecule has 68 valence electrons. The van der Waals surface area contributed by atoms with Crippen molar-refractivity contribution in [1.82, 2.24) is 0 Å². The molecule has 0 fully saturated rings. The van der Waals surface area contributed by atoms with Gasteiger partial charge in [-0.05, 0) is 24.4 Å². The number of para-hydroxylation sites is 1. The van der Waals surface area contributed by atoms with Gasteiger partial charge >= 0.3 is 0 Å². The third-order valence-corrected chi connectivity index (χ3v) is 1.57. The summed E-state index contributed by atoms with van der Waals surface area (Å²) in [6.07, 6.45) is 0.994. The molecule has 0 aliphatic rings. The molecule has 0 unspecified atom stereocenters. The first-order valence-electron chi connectivity index (χ1n) is 3.98. The van der Waals surface area contributed by atoms with Crippen LogP contribution in [0.3, 0.4) is 0 Å². The van der Waals surface area contributed by atoms with Gasteiger partial charge in [-0.25, -0.2) is 0 Å². The quantitative estimate of drug-likeness (QED) is 0.318. The van der Waals surface area contributed by atoms with E-state index in [2.05, 4.69) is 34.2 Å². The molecule has 0 aliphatic heterocycles. The Morgan fingerprint density at radius 3 is 2.93 bits per heavy atom. The first-order valence-corrected chi connectivity index (χ1v) is 4.38. The van der Waals surface area contributed by atoms with Crippen molar-refractivity contribution in [2.75, 3.05) is 0 Å². The molecule has 0 atom stereocenters. The van der Waals surface area contributed by atoms with Gasteiger partial charge in [-0.1, -0.05) is 24.0 Å². The predicted octanol–water partition coefficient (Wildman–Crippen LogP) is 2.36. The monoisotopic (exact) mass is 201 g/mol. The normalized spacial score (nSPS) is 8.00. The summed E-state index contributed by atoms with van der Waals surface area (Å²) in [4.78, 5) is 13.9. The third-order valence-electron chi connectivity index (χ3n) is 1.48. The fourth-order valence-corrected chi connectivity index (χ4v) is 1.01. The zero-order valence-corrected chi connectivity index (χ0v) is 8.17. The van der Waals surface area contributed by atoms with Crippen molar-refractivity contribution in [2.45, 2.75) is 6.42 Å². The number of carbonyl (C=O) groups excluding carboxylic acids is 1. The Balaban J connectivity index is 3.02. The number of aliphatic imine (C=N–C) groups is 1. The molecule has 2 nitrogen and oxygen atoms in total. The Kier molecular flexibility index (Phi) is 4.30. The van der Waals surface area contributed by atoms with Crippen molar-refractivity contribution in [3.05, 3.63) is 29.8 Å². The predicted molar refractivity (Wildman–Crippen MR) is 58.7 cm³/mol. The van der Waals surface area contributed by atoms with E-state index in [1.165, 1.54) is 0 Å². The van der Waals surface area contributed by atoms with Crippen LogP contribution >= 0.6 is 12.2 Å². The Bertz CT molecular complexity index is 436. The number of isothiocyanates is 1. The largest absolute Gasteiger partial charge is 0.302 e. The van der Waals surface area contributed by atoms with Crippen molar-refractivity contribution < 1.29 is 4.79 Å².